The van der Waals surface area contributed by atoms with E-state index in [1.165, 1.54) is 5.56 Å². The van der Waals surface area contributed by atoms with E-state index in [2.05, 4.69) is 27.1 Å². The molecular formula is C26H31N5O2. The fourth-order valence-corrected chi connectivity index (χ4v) is 5.33. The molecule has 172 valence electrons. The number of nitrogens with zero attached hydrogens (tertiary/aromatic N) is 5. The Bertz CT molecular complexity index is 1130. The van der Waals surface area contributed by atoms with Crippen molar-refractivity contribution in [2.75, 3.05) is 19.6 Å². The van der Waals surface area contributed by atoms with Crippen molar-refractivity contribution in [2.45, 2.75) is 45.6 Å². The van der Waals surface area contributed by atoms with E-state index in [0.717, 1.165) is 44.2 Å². The zero-order chi connectivity index (χ0) is 22.8. The van der Waals surface area contributed by atoms with Gasteiger partial charge in [0, 0.05) is 44.5 Å². The molecule has 2 amide bonds. The Labute approximate surface area is 194 Å². The molecule has 0 bridgehead atoms. The van der Waals surface area contributed by atoms with Crippen LogP contribution in [0, 0.1) is 18.8 Å². The van der Waals surface area contributed by atoms with Gasteiger partial charge in [-0.25, -0.2) is 9.50 Å². The van der Waals surface area contributed by atoms with Gasteiger partial charge in [-0.3, -0.25) is 9.59 Å². The molecule has 4 heterocycles. The van der Waals surface area contributed by atoms with Crippen molar-refractivity contribution >= 4 is 17.5 Å². The molecule has 2 fully saturated rings. The summed E-state index contributed by atoms with van der Waals surface area (Å²) in [6, 6.07) is 10.3. The minimum Gasteiger partial charge on any atom is -0.338 e. The largest absolute Gasteiger partial charge is 0.338 e. The van der Waals surface area contributed by atoms with Gasteiger partial charge in [-0.05, 0) is 49.7 Å². The number of rotatable bonds is 4. The number of carbonyl (C=O) groups excluding carboxylic acids is 2. The first-order valence-corrected chi connectivity index (χ1v) is 12.0. The summed E-state index contributed by atoms with van der Waals surface area (Å²) in [5.41, 5.74) is 3.33. The number of aromatic nitrogens is 3. The number of likely N-dealkylation sites (tertiary alicyclic amines) is 2. The van der Waals surface area contributed by atoms with Crippen LogP contribution in [-0.2, 0) is 11.3 Å². The number of hydrogen-bond donors (Lipinski definition) is 0. The summed E-state index contributed by atoms with van der Waals surface area (Å²) < 4.78 is 1.67. The number of carbonyl (C=O) groups is 2. The van der Waals surface area contributed by atoms with Gasteiger partial charge in [-0.2, -0.15) is 5.10 Å². The minimum atomic E-state index is -0.0160. The predicted octanol–water partition coefficient (Wildman–Crippen LogP) is 3.72. The highest BCUT2D eigenvalue weighted by molar-refractivity contribution is 5.99. The molecule has 5 rings (SSSR count). The van der Waals surface area contributed by atoms with Crippen LogP contribution in [-0.4, -0.2) is 55.8 Å². The van der Waals surface area contributed by atoms with Crippen molar-refractivity contribution in [1.82, 2.24) is 24.4 Å². The number of amides is 2. The summed E-state index contributed by atoms with van der Waals surface area (Å²) in [6.45, 7) is 4.83. The van der Waals surface area contributed by atoms with E-state index < -0.39 is 0 Å². The topological polar surface area (TPSA) is 70.8 Å². The van der Waals surface area contributed by atoms with E-state index in [0.29, 0.717) is 42.7 Å². The molecule has 2 aromatic heterocycles. The predicted molar refractivity (Wildman–Crippen MR) is 126 cm³/mol. The molecule has 0 radical (unpaired) electrons. The van der Waals surface area contributed by atoms with Crippen molar-refractivity contribution in [3.63, 3.8) is 0 Å². The van der Waals surface area contributed by atoms with Crippen molar-refractivity contribution in [1.29, 1.82) is 0 Å². The second-order valence-electron chi connectivity index (χ2n) is 9.44. The van der Waals surface area contributed by atoms with Gasteiger partial charge in [0.05, 0.1) is 6.20 Å². The van der Waals surface area contributed by atoms with Gasteiger partial charge in [-0.15, -0.1) is 0 Å². The first-order chi connectivity index (χ1) is 16.1. The fraction of sp³-hybridized carbons (Fsp3) is 0.462. The van der Waals surface area contributed by atoms with Gasteiger partial charge < -0.3 is 9.80 Å². The van der Waals surface area contributed by atoms with Crippen LogP contribution in [0.4, 0.5) is 0 Å². The van der Waals surface area contributed by atoms with Gasteiger partial charge >= 0.3 is 0 Å². The van der Waals surface area contributed by atoms with Gasteiger partial charge in [0.15, 0.2) is 5.65 Å². The first kappa shape index (κ1) is 21.6. The van der Waals surface area contributed by atoms with Crippen molar-refractivity contribution in [2.24, 2.45) is 11.8 Å². The zero-order valence-corrected chi connectivity index (χ0v) is 19.2. The van der Waals surface area contributed by atoms with E-state index in [1.807, 2.05) is 36.2 Å². The Hall–Kier alpha value is -3.22. The lowest BCUT2D eigenvalue weighted by molar-refractivity contribution is -0.137. The summed E-state index contributed by atoms with van der Waals surface area (Å²) in [5, 5.41) is 4.30. The third-order valence-corrected chi connectivity index (χ3v) is 7.15. The SMILES string of the molecule is Cc1cnc2c(C(=O)N3CCC(C4CCCCN(Cc5ccccc5)C4=O)CC3)cnn2c1. The highest BCUT2D eigenvalue weighted by Gasteiger charge is 2.36. The third kappa shape index (κ3) is 4.49. The molecule has 2 aliphatic rings. The van der Waals surface area contributed by atoms with Crippen LogP contribution >= 0.6 is 0 Å². The van der Waals surface area contributed by atoms with Gasteiger partial charge in [0.25, 0.3) is 5.91 Å². The van der Waals surface area contributed by atoms with Crippen LogP contribution in [0.15, 0.2) is 48.9 Å². The number of piperidine rings is 1. The quantitative estimate of drug-likeness (QED) is 0.614. The Morgan fingerprint density at radius 2 is 1.82 bits per heavy atom. The first-order valence-electron chi connectivity index (χ1n) is 12.0. The molecule has 0 saturated carbocycles. The molecule has 33 heavy (non-hydrogen) atoms. The Morgan fingerprint density at radius 1 is 1.03 bits per heavy atom. The molecular weight excluding hydrogens is 414 g/mol. The molecule has 0 N–H and O–H groups in total. The van der Waals surface area contributed by atoms with Crippen molar-refractivity contribution in [3.05, 3.63) is 65.6 Å². The average molecular weight is 446 g/mol. The molecule has 0 aliphatic carbocycles. The highest BCUT2D eigenvalue weighted by atomic mass is 16.2. The Balaban J connectivity index is 1.24. The van der Waals surface area contributed by atoms with Crippen LogP contribution in [0.1, 0.15) is 53.6 Å². The van der Waals surface area contributed by atoms with Crippen LogP contribution in [0.2, 0.25) is 0 Å². The smallest absolute Gasteiger partial charge is 0.259 e. The summed E-state index contributed by atoms with van der Waals surface area (Å²) in [5.74, 6) is 0.679. The monoisotopic (exact) mass is 445 g/mol. The van der Waals surface area contributed by atoms with Crippen LogP contribution < -0.4 is 0 Å². The van der Waals surface area contributed by atoms with Crippen LogP contribution in [0.25, 0.3) is 5.65 Å². The molecule has 7 heteroatoms. The second-order valence-corrected chi connectivity index (χ2v) is 9.44. The Kier molecular flexibility index (Phi) is 6.11. The molecule has 1 aromatic carbocycles. The number of benzene rings is 1. The molecule has 3 aromatic rings. The zero-order valence-electron chi connectivity index (χ0n) is 19.2. The van der Waals surface area contributed by atoms with Crippen LogP contribution in [0.5, 0.6) is 0 Å². The second kappa shape index (κ2) is 9.33. The van der Waals surface area contributed by atoms with Gasteiger partial charge in [0.1, 0.15) is 5.56 Å². The minimum absolute atomic E-state index is 0.0160. The average Bonchev–Trinajstić information content (AvgIpc) is 3.17. The summed E-state index contributed by atoms with van der Waals surface area (Å²) in [7, 11) is 0. The number of aryl methyl sites for hydroxylation is 1. The van der Waals surface area contributed by atoms with Crippen molar-refractivity contribution in [3.8, 4) is 0 Å². The normalized spacial score (nSPS) is 20.3. The lowest BCUT2D eigenvalue weighted by atomic mass is 9.81. The van der Waals surface area contributed by atoms with E-state index in [9.17, 15) is 9.59 Å². The molecule has 7 nitrogen and oxygen atoms in total. The standard InChI is InChI=1S/C26H31N5O2/c1-19-15-27-24-23(16-28-31(24)17-19)26(33)29-13-10-21(11-14-29)22-9-5-6-12-30(25(22)32)18-20-7-3-2-4-8-20/h2-4,7-8,15-17,21-22H,5-6,9-14,18H2,1H3. The highest BCUT2D eigenvalue weighted by Crippen LogP contribution is 2.33. The summed E-state index contributed by atoms with van der Waals surface area (Å²) in [6.07, 6.45) is 10.1. The van der Waals surface area contributed by atoms with Gasteiger partial charge in [-0.1, -0.05) is 36.8 Å². The number of hydrogen-bond acceptors (Lipinski definition) is 4. The maximum Gasteiger partial charge on any atom is 0.259 e. The van der Waals surface area contributed by atoms with Crippen molar-refractivity contribution < 1.29 is 9.59 Å². The number of fused-ring (bicyclic) bond motifs is 1. The van der Waals surface area contributed by atoms with Gasteiger partial charge in [0.2, 0.25) is 5.91 Å². The van der Waals surface area contributed by atoms with E-state index >= 15 is 0 Å². The van der Waals surface area contributed by atoms with E-state index in [4.69, 9.17) is 0 Å². The molecule has 1 unspecified atom stereocenters. The lowest BCUT2D eigenvalue weighted by Gasteiger charge is -2.36. The molecule has 2 aliphatic heterocycles. The third-order valence-electron chi connectivity index (χ3n) is 7.15. The molecule has 1 atom stereocenters. The lowest BCUT2D eigenvalue weighted by Crippen LogP contribution is -2.44. The summed E-state index contributed by atoms with van der Waals surface area (Å²) >= 11 is 0. The Morgan fingerprint density at radius 3 is 2.61 bits per heavy atom. The maximum atomic E-state index is 13.5. The summed E-state index contributed by atoms with van der Waals surface area (Å²) in [4.78, 5) is 35.0. The van der Waals surface area contributed by atoms with Crippen LogP contribution in [0.3, 0.4) is 0 Å². The van der Waals surface area contributed by atoms with E-state index in [1.54, 1.807) is 16.9 Å². The van der Waals surface area contributed by atoms with E-state index in [-0.39, 0.29) is 11.8 Å². The molecule has 0 spiro atoms. The molecule has 2 saturated heterocycles. The fourth-order valence-electron chi connectivity index (χ4n) is 5.33. The maximum absolute atomic E-state index is 13.5.